The summed E-state index contributed by atoms with van der Waals surface area (Å²) in [6, 6.07) is 8.43. The van der Waals surface area contributed by atoms with Crippen LogP contribution >= 0.6 is 0 Å². The second kappa shape index (κ2) is 4.98. The Kier molecular flexibility index (Phi) is 3.87. The predicted molar refractivity (Wildman–Crippen MR) is 64.4 cm³/mol. The molecule has 1 aromatic rings. The quantitative estimate of drug-likeness (QED) is 0.856. The van der Waals surface area contributed by atoms with Crippen LogP contribution in [0.4, 0.5) is 0 Å². The summed E-state index contributed by atoms with van der Waals surface area (Å²) in [5.41, 5.74) is 0.110. The largest absolute Gasteiger partial charge is 0.389 e. The van der Waals surface area contributed by atoms with Gasteiger partial charge in [0.05, 0.1) is 17.2 Å². The summed E-state index contributed by atoms with van der Waals surface area (Å²) in [5.74, 6) is -0.170. The average molecular weight is 232 g/mol. The number of aliphatic hydroxyl groups is 1. The molecule has 0 atom stereocenters. The van der Waals surface area contributed by atoms with Crippen LogP contribution in [-0.2, 0) is 0 Å². The standard InChI is InChI=1S/C13H16N2O2/c1-13(2,17)9-15(3)12(16)11-6-4-10(8-14)5-7-11/h4-7,17H,9H2,1-3H3. The molecule has 1 rings (SSSR count). The average Bonchev–Trinajstić information content (AvgIpc) is 2.26. The van der Waals surface area contributed by atoms with Crippen molar-refractivity contribution in [3.05, 3.63) is 35.4 Å². The number of carbonyl (C=O) groups is 1. The Balaban J connectivity index is 2.79. The van der Waals surface area contributed by atoms with E-state index in [1.807, 2.05) is 6.07 Å². The van der Waals surface area contributed by atoms with Gasteiger partial charge in [-0.1, -0.05) is 0 Å². The van der Waals surface area contributed by atoms with Gasteiger partial charge in [0.1, 0.15) is 0 Å². The molecule has 90 valence electrons. The van der Waals surface area contributed by atoms with Gasteiger partial charge in [-0.2, -0.15) is 5.26 Å². The lowest BCUT2D eigenvalue weighted by atomic mass is 10.1. The maximum Gasteiger partial charge on any atom is 0.253 e. The maximum absolute atomic E-state index is 12.0. The van der Waals surface area contributed by atoms with Gasteiger partial charge < -0.3 is 10.0 Å². The molecular formula is C13H16N2O2. The first-order valence-corrected chi connectivity index (χ1v) is 5.31. The summed E-state index contributed by atoms with van der Waals surface area (Å²) in [4.78, 5) is 13.4. The molecule has 4 nitrogen and oxygen atoms in total. The van der Waals surface area contributed by atoms with Gasteiger partial charge in [0.2, 0.25) is 0 Å². The van der Waals surface area contributed by atoms with Crippen molar-refractivity contribution in [2.75, 3.05) is 13.6 Å². The molecule has 0 bridgehead atoms. The molecule has 0 saturated heterocycles. The van der Waals surface area contributed by atoms with Crippen molar-refractivity contribution in [2.24, 2.45) is 0 Å². The van der Waals surface area contributed by atoms with Crippen LogP contribution in [0.5, 0.6) is 0 Å². The molecule has 1 N–H and O–H groups in total. The van der Waals surface area contributed by atoms with E-state index in [9.17, 15) is 9.90 Å². The summed E-state index contributed by atoms with van der Waals surface area (Å²) in [6.07, 6.45) is 0. The zero-order chi connectivity index (χ0) is 13.1. The lowest BCUT2D eigenvalue weighted by Gasteiger charge is -2.25. The first-order valence-electron chi connectivity index (χ1n) is 5.31. The number of benzene rings is 1. The third kappa shape index (κ3) is 3.89. The summed E-state index contributed by atoms with van der Waals surface area (Å²) in [6.45, 7) is 3.55. The number of hydrogen-bond donors (Lipinski definition) is 1. The van der Waals surface area contributed by atoms with E-state index in [2.05, 4.69) is 0 Å². The lowest BCUT2D eigenvalue weighted by Crippen LogP contribution is -2.39. The SMILES string of the molecule is CN(CC(C)(C)O)C(=O)c1ccc(C#N)cc1. The number of likely N-dealkylation sites (N-methyl/N-ethyl adjacent to an activating group) is 1. The molecular weight excluding hydrogens is 216 g/mol. The van der Waals surface area contributed by atoms with Crippen LogP contribution in [0, 0.1) is 11.3 Å². The number of hydrogen-bond acceptors (Lipinski definition) is 3. The van der Waals surface area contributed by atoms with Gasteiger partial charge in [-0.25, -0.2) is 0 Å². The van der Waals surface area contributed by atoms with E-state index < -0.39 is 5.60 Å². The first-order chi connectivity index (χ1) is 7.83. The number of rotatable bonds is 3. The smallest absolute Gasteiger partial charge is 0.253 e. The monoisotopic (exact) mass is 232 g/mol. The second-order valence-electron chi connectivity index (χ2n) is 4.66. The van der Waals surface area contributed by atoms with E-state index in [0.29, 0.717) is 11.1 Å². The minimum absolute atomic E-state index is 0.170. The summed E-state index contributed by atoms with van der Waals surface area (Å²) >= 11 is 0. The Labute approximate surface area is 101 Å². The van der Waals surface area contributed by atoms with Crippen LogP contribution in [0.25, 0.3) is 0 Å². The zero-order valence-corrected chi connectivity index (χ0v) is 10.3. The van der Waals surface area contributed by atoms with Gasteiger partial charge in [-0.05, 0) is 38.1 Å². The Bertz CT molecular complexity index is 438. The van der Waals surface area contributed by atoms with E-state index in [0.717, 1.165) is 0 Å². The van der Waals surface area contributed by atoms with Crippen molar-refractivity contribution in [2.45, 2.75) is 19.4 Å². The highest BCUT2D eigenvalue weighted by Crippen LogP contribution is 2.09. The fraction of sp³-hybridized carbons (Fsp3) is 0.385. The van der Waals surface area contributed by atoms with Crippen molar-refractivity contribution in [1.29, 1.82) is 5.26 Å². The van der Waals surface area contributed by atoms with Crippen molar-refractivity contribution in [1.82, 2.24) is 4.90 Å². The Hall–Kier alpha value is -1.86. The van der Waals surface area contributed by atoms with E-state index >= 15 is 0 Å². The van der Waals surface area contributed by atoms with Crippen LogP contribution < -0.4 is 0 Å². The van der Waals surface area contributed by atoms with Crippen molar-refractivity contribution >= 4 is 5.91 Å². The van der Waals surface area contributed by atoms with Crippen LogP contribution in [0.15, 0.2) is 24.3 Å². The normalized spacial score (nSPS) is 10.8. The molecule has 0 fully saturated rings. The summed E-state index contributed by atoms with van der Waals surface area (Å²) in [5, 5.41) is 18.3. The molecule has 0 aliphatic carbocycles. The van der Waals surface area contributed by atoms with Crippen molar-refractivity contribution in [3.63, 3.8) is 0 Å². The molecule has 17 heavy (non-hydrogen) atoms. The Morgan fingerprint density at radius 3 is 2.35 bits per heavy atom. The Morgan fingerprint density at radius 1 is 1.41 bits per heavy atom. The molecule has 0 spiro atoms. The predicted octanol–water partition coefficient (Wildman–Crippen LogP) is 1.40. The zero-order valence-electron chi connectivity index (χ0n) is 10.3. The van der Waals surface area contributed by atoms with Crippen LogP contribution in [0.3, 0.4) is 0 Å². The molecule has 0 aliphatic heterocycles. The third-order valence-corrected chi connectivity index (χ3v) is 2.23. The topological polar surface area (TPSA) is 64.3 Å². The Morgan fingerprint density at radius 2 is 1.94 bits per heavy atom. The van der Waals surface area contributed by atoms with Crippen LogP contribution in [0.1, 0.15) is 29.8 Å². The van der Waals surface area contributed by atoms with E-state index in [1.54, 1.807) is 45.2 Å². The number of nitrogens with zero attached hydrogens (tertiary/aromatic N) is 2. The van der Waals surface area contributed by atoms with Gasteiger partial charge in [-0.15, -0.1) is 0 Å². The second-order valence-corrected chi connectivity index (χ2v) is 4.66. The molecule has 1 aromatic carbocycles. The summed E-state index contributed by atoms with van der Waals surface area (Å²) < 4.78 is 0. The molecule has 0 radical (unpaired) electrons. The van der Waals surface area contributed by atoms with Crippen molar-refractivity contribution < 1.29 is 9.90 Å². The first kappa shape index (κ1) is 13.2. The van der Waals surface area contributed by atoms with Gasteiger partial charge in [-0.3, -0.25) is 4.79 Å². The fourth-order valence-electron chi connectivity index (χ4n) is 1.56. The van der Waals surface area contributed by atoms with E-state index in [4.69, 9.17) is 5.26 Å². The number of nitriles is 1. The molecule has 0 unspecified atom stereocenters. The van der Waals surface area contributed by atoms with Gasteiger partial charge in [0.25, 0.3) is 5.91 Å². The molecule has 0 heterocycles. The van der Waals surface area contributed by atoms with Gasteiger partial charge >= 0.3 is 0 Å². The van der Waals surface area contributed by atoms with Crippen LogP contribution in [-0.4, -0.2) is 35.1 Å². The number of amides is 1. The lowest BCUT2D eigenvalue weighted by molar-refractivity contribution is 0.0368. The highest BCUT2D eigenvalue weighted by Gasteiger charge is 2.20. The van der Waals surface area contributed by atoms with E-state index in [-0.39, 0.29) is 12.5 Å². The molecule has 0 saturated carbocycles. The van der Waals surface area contributed by atoms with Gasteiger partial charge in [0.15, 0.2) is 0 Å². The molecule has 1 amide bonds. The van der Waals surface area contributed by atoms with Crippen molar-refractivity contribution in [3.8, 4) is 6.07 Å². The maximum atomic E-state index is 12.0. The highest BCUT2D eigenvalue weighted by molar-refractivity contribution is 5.94. The minimum atomic E-state index is -0.920. The molecule has 0 aliphatic rings. The minimum Gasteiger partial charge on any atom is -0.389 e. The third-order valence-electron chi connectivity index (χ3n) is 2.23. The summed E-state index contributed by atoms with van der Waals surface area (Å²) in [7, 11) is 1.64. The van der Waals surface area contributed by atoms with Gasteiger partial charge in [0, 0.05) is 19.2 Å². The fourth-order valence-corrected chi connectivity index (χ4v) is 1.56. The number of carbonyl (C=O) groups excluding carboxylic acids is 1. The van der Waals surface area contributed by atoms with Crippen LogP contribution in [0.2, 0.25) is 0 Å². The molecule has 4 heteroatoms. The molecule has 0 aromatic heterocycles. The van der Waals surface area contributed by atoms with E-state index in [1.165, 1.54) is 4.90 Å². The highest BCUT2D eigenvalue weighted by atomic mass is 16.3.